The minimum atomic E-state index is -2.23. The van der Waals surface area contributed by atoms with Crippen LogP contribution in [-0.4, -0.2) is 49.0 Å². The van der Waals surface area contributed by atoms with Gasteiger partial charge >= 0.3 is 11.4 Å². The summed E-state index contributed by atoms with van der Waals surface area (Å²) < 4.78 is 24.7. The zero-order chi connectivity index (χ0) is 23.4. The van der Waals surface area contributed by atoms with Gasteiger partial charge in [-0.1, -0.05) is 34.1 Å². The van der Waals surface area contributed by atoms with Crippen molar-refractivity contribution in [3.63, 3.8) is 0 Å². The molecule has 0 aliphatic heterocycles. The van der Waals surface area contributed by atoms with Crippen LogP contribution in [0, 0.1) is 52.3 Å². The van der Waals surface area contributed by atoms with Gasteiger partial charge in [-0.15, -0.1) is 0 Å². The second kappa shape index (κ2) is 9.19. The Balaban J connectivity index is 1.62. The highest BCUT2D eigenvalue weighted by atomic mass is 32.2. The SMILES string of the molecule is CC[C@H]1C(O)C2C3CC[C@H]([C@H](C)CCOS(=O)O)[C@@]3(C)CC(O)C2[C@@]2(C)CC[C@@H](O)C[C@@H]12. The summed E-state index contributed by atoms with van der Waals surface area (Å²) >= 11 is -2.23. The first-order valence-electron chi connectivity index (χ1n) is 12.8. The molecule has 0 heterocycles. The maximum absolute atomic E-state index is 11.7. The van der Waals surface area contributed by atoms with Gasteiger partial charge in [-0.25, -0.2) is 0 Å². The number of rotatable bonds is 6. The molecule has 4 N–H and O–H groups in total. The molecule has 0 amide bonds. The van der Waals surface area contributed by atoms with Gasteiger partial charge in [-0.3, -0.25) is 8.74 Å². The molecule has 4 aliphatic rings. The van der Waals surface area contributed by atoms with E-state index in [-0.39, 0.29) is 47.2 Å². The summed E-state index contributed by atoms with van der Waals surface area (Å²) in [7, 11) is 0. The molecule has 4 rings (SSSR count). The van der Waals surface area contributed by atoms with E-state index in [1.165, 1.54) is 0 Å². The number of aliphatic hydroxyl groups is 3. The van der Waals surface area contributed by atoms with Gasteiger partial charge in [0.1, 0.15) is 0 Å². The molecule has 0 spiro atoms. The summed E-state index contributed by atoms with van der Waals surface area (Å²) in [5.74, 6) is 1.74. The second-order valence-corrected chi connectivity index (χ2v) is 12.7. The van der Waals surface area contributed by atoms with E-state index in [2.05, 4.69) is 27.7 Å². The van der Waals surface area contributed by atoms with Gasteiger partial charge in [0.05, 0.1) is 24.9 Å². The first-order valence-corrected chi connectivity index (χ1v) is 13.9. The standard InChI is InChI=1S/C25H44O6S/c1-5-16-19-12-15(26)8-10-24(19,3)22-20(27)13-25(4)17(14(2)9-11-31-32(29)30)6-7-18(25)21(22)23(16)28/h14-23,26-28H,5-13H2,1-4H3,(H,29,30)/t14-,15-,16-,17-,18?,19+,20?,21?,22?,23?,24+,25-/m1/s1. The van der Waals surface area contributed by atoms with Crippen molar-refractivity contribution in [1.29, 1.82) is 0 Å². The molecular weight excluding hydrogens is 428 g/mol. The summed E-state index contributed by atoms with van der Waals surface area (Å²) in [4.78, 5) is 0. The Morgan fingerprint density at radius 3 is 2.47 bits per heavy atom. The molecule has 0 radical (unpaired) electrons. The van der Waals surface area contributed by atoms with Crippen molar-refractivity contribution in [1.82, 2.24) is 0 Å². The van der Waals surface area contributed by atoms with E-state index in [1.807, 2.05) is 0 Å². The molecule has 0 aromatic rings. The maximum atomic E-state index is 11.7. The van der Waals surface area contributed by atoms with Crippen molar-refractivity contribution >= 4 is 11.4 Å². The molecule has 0 aromatic carbocycles. The Labute approximate surface area is 196 Å². The fourth-order valence-electron chi connectivity index (χ4n) is 9.55. The molecule has 6 nitrogen and oxygen atoms in total. The lowest BCUT2D eigenvalue weighted by Gasteiger charge is -2.66. The minimum Gasteiger partial charge on any atom is -0.393 e. The number of aliphatic hydroxyl groups excluding tert-OH is 3. The van der Waals surface area contributed by atoms with Gasteiger partial charge in [0, 0.05) is 0 Å². The summed E-state index contributed by atoms with van der Waals surface area (Å²) in [6.07, 6.45) is 5.85. The van der Waals surface area contributed by atoms with Crippen LogP contribution in [-0.2, 0) is 15.5 Å². The number of fused-ring (bicyclic) bond motifs is 5. The van der Waals surface area contributed by atoms with Crippen molar-refractivity contribution in [2.45, 2.75) is 97.4 Å². The zero-order valence-corrected chi connectivity index (χ0v) is 21.0. The predicted molar refractivity (Wildman–Crippen MR) is 124 cm³/mol. The highest BCUT2D eigenvalue weighted by Gasteiger charge is 2.67. The predicted octanol–water partition coefficient (Wildman–Crippen LogP) is 3.76. The van der Waals surface area contributed by atoms with Crippen LogP contribution in [0.1, 0.15) is 79.1 Å². The lowest BCUT2D eigenvalue weighted by atomic mass is 9.40. The molecule has 4 aliphatic carbocycles. The van der Waals surface area contributed by atoms with Gasteiger partial charge in [-0.05, 0) is 97.2 Å². The third-order valence-electron chi connectivity index (χ3n) is 10.8. The van der Waals surface area contributed by atoms with Crippen molar-refractivity contribution in [2.24, 2.45) is 52.3 Å². The van der Waals surface area contributed by atoms with Crippen LogP contribution in [0.15, 0.2) is 0 Å². The van der Waals surface area contributed by atoms with Gasteiger partial charge in [0.2, 0.25) is 0 Å². The minimum absolute atomic E-state index is 0.0344. The van der Waals surface area contributed by atoms with Crippen LogP contribution < -0.4 is 0 Å². The van der Waals surface area contributed by atoms with Crippen LogP contribution in [0.4, 0.5) is 0 Å². The summed E-state index contributed by atoms with van der Waals surface area (Å²) in [6, 6.07) is 0. The first kappa shape index (κ1) is 25.1. The normalized spacial score (nSPS) is 52.6. The molecule has 4 saturated carbocycles. The van der Waals surface area contributed by atoms with Crippen molar-refractivity contribution < 1.29 is 28.3 Å². The fourth-order valence-corrected chi connectivity index (χ4v) is 9.79. The third-order valence-corrected chi connectivity index (χ3v) is 11.2. The Hall–Kier alpha value is -0.0500. The van der Waals surface area contributed by atoms with Crippen LogP contribution >= 0.6 is 0 Å². The topological polar surface area (TPSA) is 107 Å². The van der Waals surface area contributed by atoms with E-state index in [4.69, 9.17) is 8.74 Å². The lowest BCUT2D eigenvalue weighted by molar-refractivity contribution is -0.235. The average molecular weight is 473 g/mol. The van der Waals surface area contributed by atoms with E-state index < -0.39 is 23.6 Å². The maximum Gasteiger partial charge on any atom is 0.301 e. The van der Waals surface area contributed by atoms with Crippen LogP contribution in [0.5, 0.6) is 0 Å². The van der Waals surface area contributed by atoms with Gasteiger partial charge in [0.25, 0.3) is 0 Å². The largest absolute Gasteiger partial charge is 0.393 e. The summed E-state index contributed by atoms with van der Waals surface area (Å²) in [6.45, 7) is 9.29. The Kier molecular flexibility index (Phi) is 7.20. The van der Waals surface area contributed by atoms with E-state index in [0.29, 0.717) is 17.8 Å². The molecule has 7 heteroatoms. The number of hydrogen-bond acceptors (Lipinski definition) is 5. The summed E-state index contributed by atoms with van der Waals surface area (Å²) in [5, 5.41) is 33.8. The van der Waals surface area contributed by atoms with E-state index in [9.17, 15) is 19.5 Å². The van der Waals surface area contributed by atoms with Crippen LogP contribution in [0.25, 0.3) is 0 Å². The quantitative estimate of drug-likeness (QED) is 0.439. The smallest absolute Gasteiger partial charge is 0.301 e. The van der Waals surface area contributed by atoms with Crippen molar-refractivity contribution in [3.8, 4) is 0 Å². The number of hydrogen-bond donors (Lipinski definition) is 4. The molecule has 0 saturated heterocycles. The van der Waals surface area contributed by atoms with Crippen molar-refractivity contribution in [3.05, 3.63) is 0 Å². The third kappa shape index (κ3) is 3.93. The molecule has 6 unspecified atom stereocenters. The monoisotopic (exact) mass is 472 g/mol. The van der Waals surface area contributed by atoms with Gasteiger partial charge in [-0.2, -0.15) is 4.21 Å². The zero-order valence-electron chi connectivity index (χ0n) is 20.2. The molecule has 0 bridgehead atoms. The average Bonchev–Trinajstić information content (AvgIpc) is 3.05. The lowest BCUT2D eigenvalue weighted by Crippen LogP contribution is -2.65. The molecule has 32 heavy (non-hydrogen) atoms. The molecule has 186 valence electrons. The van der Waals surface area contributed by atoms with E-state index in [1.54, 1.807) is 0 Å². The molecular formula is C25H44O6S. The van der Waals surface area contributed by atoms with Crippen LogP contribution in [0.3, 0.4) is 0 Å². The first-order chi connectivity index (χ1) is 15.0. The van der Waals surface area contributed by atoms with Crippen molar-refractivity contribution in [2.75, 3.05) is 6.61 Å². The second-order valence-electron chi connectivity index (χ2n) is 12.1. The van der Waals surface area contributed by atoms with Gasteiger partial charge < -0.3 is 15.3 Å². The van der Waals surface area contributed by atoms with E-state index >= 15 is 0 Å². The Bertz CT molecular complexity index is 704. The molecule has 4 fully saturated rings. The summed E-state index contributed by atoms with van der Waals surface area (Å²) in [5.41, 5.74) is -0.0811. The Morgan fingerprint density at radius 1 is 1.09 bits per heavy atom. The highest BCUT2D eigenvalue weighted by Crippen LogP contribution is 2.69. The highest BCUT2D eigenvalue weighted by molar-refractivity contribution is 7.74. The van der Waals surface area contributed by atoms with Gasteiger partial charge in [0.15, 0.2) is 0 Å². The molecule has 0 aromatic heterocycles. The van der Waals surface area contributed by atoms with Crippen LogP contribution in [0.2, 0.25) is 0 Å². The van der Waals surface area contributed by atoms with E-state index in [0.717, 1.165) is 51.4 Å². The molecule has 13 atom stereocenters. The Morgan fingerprint density at radius 2 is 1.81 bits per heavy atom. The fraction of sp³-hybridized carbons (Fsp3) is 1.00.